The fourth-order valence-electron chi connectivity index (χ4n) is 15.5. The number of hydrogen-bond acceptors (Lipinski definition) is 17. The second kappa shape index (κ2) is 56.3. The van der Waals surface area contributed by atoms with Crippen LogP contribution in [0.1, 0.15) is 296 Å². The van der Waals surface area contributed by atoms with Crippen LogP contribution in [0.15, 0.2) is 194 Å². The zero-order chi connectivity index (χ0) is 94.2. The van der Waals surface area contributed by atoms with Gasteiger partial charge in [-0.15, -0.1) is 0 Å². The lowest BCUT2D eigenvalue weighted by Gasteiger charge is -2.32. The van der Waals surface area contributed by atoms with Crippen molar-refractivity contribution in [2.45, 2.75) is 304 Å². The number of aliphatic hydroxyl groups excluding tert-OH is 2. The summed E-state index contributed by atoms with van der Waals surface area (Å²) < 4.78 is 22.5. The van der Waals surface area contributed by atoms with Crippen LogP contribution < -0.4 is 9.47 Å². The van der Waals surface area contributed by atoms with Crippen LogP contribution in [0.5, 0.6) is 23.0 Å². The highest BCUT2D eigenvalue weighted by Gasteiger charge is 2.30. The minimum absolute atomic E-state index is 0.0150. The number of rotatable bonds is 41. The smallest absolute Gasteiger partial charge is 0.313 e. The van der Waals surface area contributed by atoms with Gasteiger partial charge in [0.15, 0.2) is 0 Å². The molecule has 0 spiro atoms. The first-order chi connectivity index (χ1) is 59.5. The number of benzene rings is 8. The molecule has 0 fully saturated rings. The van der Waals surface area contributed by atoms with Crippen LogP contribution in [0.2, 0.25) is 0 Å². The molecule has 4 N–H and O–H groups in total. The first kappa shape index (κ1) is 109. The van der Waals surface area contributed by atoms with Gasteiger partial charge in [0.25, 0.3) is 0 Å². The summed E-state index contributed by atoms with van der Waals surface area (Å²) in [6.07, 6.45) is 3.56. The predicted molar refractivity (Wildman–Crippen MR) is 516 cm³/mol. The third-order valence-electron chi connectivity index (χ3n) is 22.5. The Bertz CT molecular complexity index is 4440. The lowest BCUT2D eigenvalue weighted by Crippen LogP contribution is -2.38. The first-order valence-corrected chi connectivity index (χ1v) is 46.2. The fraction of sp³-hybridized carbons (Fsp3) is 0.509. The third kappa shape index (κ3) is 37.0. The molecule has 4 unspecified atom stereocenters. The molecule has 0 radical (unpaired) electrons. The molecule has 0 saturated carbocycles. The van der Waals surface area contributed by atoms with Crippen molar-refractivity contribution in [3.05, 3.63) is 261 Å². The zero-order valence-electron chi connectivity index (χ0n) is 80.9. The molecule has 8 aromatic rings. The standard InChI is InChI=1S/C30H43NO4.2C26H37NO3.C22H31NO2.C4H7ClO/c1-20(2)29(32)34-19-24-14-15-28(35-30(33)21(3)4)27(18-24)26(25-12-10-9-11-13-25)16-17-31(22(5)6)23(7)8;1-18(2)26(29)30-17-21-12-13-25(28)24(16-21)23(22-10-8-7-9-11-22)14-15-27(19(3)4)20(5)6;1-18(2)26(29)30-25-13-12-21(17-28)16-24(25)23(22-10-8-7-9-11-22)14-15-27(19(3)4)20(5)6;1-16(2)23(17(3)4)13-12-20(19-8-6-5-7-9-19)21-14-18(15-24)10-11-22(21)25;1-3(2)4(5)6/h9-15,18,20-23,26H,16-17,19H2,1-8H3;2*7-13,16,18-20,23,28H,14-15,17H2,1-6H3;5-11,14,16-17,20,24-25H,12-13,15H2,1-4H3;3H,1-2H3. The molecule has 0 bridgehead atoms. The summed E-state index contributed by atoms with van der Waals surface area (Å²) in [6.45, 7) is 57.8. The van der Waals surface area contributed by atoms with Crippen LogP contribution in [0.3, 0.4) is 0 Å². The van der Waals surface area contributed by atoms with E-state index < -0.39 is 0 Å². The van der Waals surface area contributed by atoms with E-state index in [1.54, 1.807) is 32.0 Å². The van der Waals surface area contributed by atoms with Crippen molar-refractivity contribution in [1.29, 1.82) is 0 Å². The van der Waals surface area contributed by atoms with Gasteiger partial charge in [-0.05, 0) is 267 Å². The van der Waals surface area contributed by atoms with Crippen molar-refractivity contribution < 1.29 is 63.3 Å². The summed E-state index contributed by atoms with van der Waals surface area (Å²) >= 11 is 4.97. The van der Waals surface area contributed by atoms with Crippen molar-refractivity contribution in [1.82, 2.24) is 19.6 Å². The molecule has 0 amide bonds. The molecule has 18 heteroatoms. The number of carbonyl (C=O) groups excluding carboxylic acids is 5. The maximum absolute atomic E-state index is 12.5. The van der Waals surface area contributed by atoms with Crippen LogP contribution in [0.25, 0.3) is 0 Å². The van der Waals surface area contributed by atoms with Crippen LogP contribution in [0.4, 0.5) is 0 Å². The van der Waals surface area contributed by atoms with E-state index in [0.717, 1.165) is 102 Å². The van der Waals surface area contributed by atoms with Crippen molar-refractivity contribution in [3.63, 3.8) is 0 Å². The number of aliphatic hydroxyl groups is 2. The molecule has 8 aromatic carbocycles. The molecule has 0 aliphatic rings. The summed E-state index contributed by atoms with van der Waals surface area (Å²) in [6, 6.07) is 67.2. The van der Waals surface area contributed by atoms with Gasteiger partial charge < -0.3 is 39.4 Å². The average molecular weight is 1750 g/mol. The number of aromatic hydroxyl groups is 2. The molecule has 8 rings (SSSR count). The SMILES string of the molecule is CC(C)C(=O)Cl.CC(C)C(=O)OCc1ccc(O)c(C(CCN(C(C)C)C(C)C)c2ccccc2)c1.CC(C)C(=O)OCc1ccc(OC(=O)C(C)C)c(C(CCN(C(C)C)C(C)C)c2ccccc2)c1.CC(C)C(=O)Oc1ccc(CO)cc1C(CCN(C(C)C)C(C)C)c1ccccc1.CC(C)N(CCC(c1ccccc1)c1cc(CO)ccc1O)C(C)C. The quantitative estimate of drug-likeness (QED) is 0.0159. The topological polar surface area (TPSA) is 216 Å². The van der Waals surface area contributed by atoms with Gasteiger partial charge in [0.05, 0.1) is 36.9 Å². The third-order valence-corrected chi connectivity index (χ3v) is 23.0. The van der Waals surface area contributed by atoms with Crippen LogP contribution in [-0.2, 0) is 59.9 Å². The van der Waals surface area contributed by atoms with Crippen molar-refractivity contribution in [2.75, 3.05) is 26.2 Å². The van der Waals surface area contributed by atoms with E-state index in [4.69, 9.17) is 30.5 Å². The lowest BCUT2D eigenvalue weighted by atomic mass is 9.86. The Labute approximate surface area is 763 Å². The monoisotopic (exact) mass is 1750 g/mol. The van der Waals surface area contributed by atoms with E-state index in [1.807, 2.05) is 183 Å². The Hall–Kier alpha value is -9.04. The molecule has 0 saturated heterocycles. The highest BCUT2D eigenvalue weighted by molar-refractivity contribution is 6.63. The van der Waals surface area contributed by atoms with Crippen LogP contribution >= 0.6 is 11.6 Å². The number of esters is 4. The van der Waals surface area contributed by atoms with E-state index >= 15 is 0 Å². The summed E-state index contributed by atoms with van der Waals surface area (Å²) in [7, 11) is 0. The normalized spacial score (nSPS) is 12.6. The molecule has 0 heterocycles. The minimum Gasteiger partial charge on any atom is -0.508 e. The van der Waals surface area contributed by atoms with Gasteiger partial charge in [-0.25, -0.2) is 0 Å². The van der Waals surface area contributed by atoms with E-state index in [0.29, 0.717) is 65.6 Å². The Morgan fingerprint density at radius 1 is 0.286 bits per heavy atom. The number of carbonyl (C=O) groups is 5. The summed E-state index contributed by atoms with van der Waals surface area (Å²) in [5, 5.41) is 40.1. The lowest BCUT2D eigenvalue weighted by molar-refractivity contribution is -0.149. The van der Waals surface area contributed by atoms with Gasteiger partial charge in [0, 0.05) is 100 Å². The maximum Gasteiger partial charge on any atom is 0.313 e. The average Bonchev–Trinajstić information content (AvgIpc) is 0.816. The number of hydrogen-bond donors (Lipinski definition) is 4. The molecular formula is C108H155ClN4O13. The van der Waals surface area contributed by atoms with Gasteiger partial charge in [0.1, 0.15) is 36.2 Å². The summed E-state index contributed by atoms with van der Waals surface area (Å²) in [4.78, 5) is 68.6. The van der Waals surface area contributed by atoms with E-state index in [2.05, 4.69) is 179 Å². The Morgan fingerprint density at radius 2 is 0.500 bits per heavy atom. The number of ether oxygens (including phenoxy) is 4. The number of nitrogens with zero attached hydrogens (tertiary/aromatic N) is 4. The molecular weight excluding hydrogens is 1600 g/mol. The zero-order valence-corrected chi connectivity index (χ0v) is 81.7. The van der Waals surface area contributed by atoms with Gasteiger partial charge in [-0.1, -0.05) is 215 Å². The largest absolute Gasteiger partial charge is 0.508 e. The minimum atomic E-state index is -0.269. The van der Waals surface area contributed by atoms with Gasteiger partial charge in [0.2, 0.25) is 5.24 Å². The molecule has 0 aromatic heterocycles. The molecule has 0 aliphatic carbocycles. The summed E-state index contributed by atoms with van der Waals surface area (Å²) in [5.74, 6) is 0.227. The Morgan fingerprint density at radius 3 is 0.738 bits per heavy atom. The predicted octanol–water partition coefficient (Wildman–Crippen LogP) is 23.6. The van der Waals surface area contributed by atoms with E-state index in [9.17, 15) is 44.4 Å². The number of phenols is 2. The van der Waals surface area contributed by atoms with Crippen molar-refractivity contribution in [2.24, 2.45) is 29.6 Å². The molecule has 17 nitrogen and oxygen atoms in total. The van der Waals surface area contributed by atoms with E-state index in [1.165, 1.54) is 16.7 Å². The fourth-order valence-corrected chi connectivity index (χ4v) is 15.5. The second-order valence-electron chi connectivity index (χ2n) is 36.7. The number of halogens is 1. The highest BCUT2D eigenvalue weighted by atomic mass is 35.5. The maximum atomic E-state index is 12.5. The van der Waals surface area contributed by atoms with Crippen molar-refractivity contribution in [3.8, 4) is 23.0 Å². The Kier molecular flexibility index (Phi) is 48.8. The van der Waals surface area contributed by atoms with Crippen molar-refractivity contribution >= 4 is 40.7 Å². The number of phenolic OH excluding ortho intramolecular Hbond substituents is 2. The van der Waals surface area contributed by atoms with Crippen LogP contribution in [0, 0.1) is 29.6 Å². The van der Waals surface area contributed by atoms with Gasteiger partial charge in [-0.3, -0.25) is 43.6 Å². The Balaban J connectivity index is 0.000000346. The van der Waals surface area contributed by atoms with Gasteiger partial charge in [-0.2, -0.15) is 0 Å². The molecule has 692 valence electrons. The first-order valence-electron chi connectivity index (χ1n) is 45.8. The summed E-state index contributed by atoms with van der Waals surface area (Å²) in [5.41, 5.74) is 11.8. The molecule has 4 atom stereocenters. The highest BCUT2D eigenvalue weighted by Crippen LogP contribution is 2.41. The van der Waals surface area contributed by atoms with Gasteiger partial charge >= 0.3 is 23.9 Å². The molecule has 0 aliphatic heterocycles. The second-order valence-corrected chi connectivity index (χ2v) is 37.1. The van der Waals surface area contributed by atoms with E-state index in [-0.39, 0.29) is 115 Å². The molecule has 126 heavy (non-hydrogen) atoms. The van der Waals surface area contributed by atoms with Crippen LogP contribution in [-0.4, -0.2) is 144 Å².